The molecule has 0 radical (unpaired) electrons. The molecule has 0 spiro atoms. The summed E-state index contributed by atoms with van der Waals surface area (Å²) in [6.45, 7) is 0. The normalized spacial score (nSPS) is 11.9. The number of H-pyrrole nitrogens is 1. The van der Waals surface area contributed by atoms with E-state index < -0.39 is 23.6 Å². The van der Waals surface area contributed by atoms with Crippen LogP contribution in [0.4, 0.5) is 24.5 Å². The molecule has 0 bridgehead atoms. The third-order valence-corrected chi connectivity index (χ3v) is 6.87. The maximum atomic E-state index is 14.0. The summed E-state index contributed by atoms with van der Waals surface area (Å²) < 4.78 is 41.9. The SMILES string of the molecule is O=C(O)c1cccc(-c2cccc(N=Nc3c(O)[nH]c4c(-c5ccc(Cl)c(Cl)c5)c(C(F)(F)F)ccc34)c2O)c1. The van der Waals surface area contributed by atoms with Gasteiger partial charge in [-0.1, -0.05) is 53.5 Å². The van der Waals surface area contributed by atoms with Crippen molar-refractivity contribution in [2.24, 2.45) is 10.2 Å². The molecule has 0 aliphatic heterocycles. The zero-order chi connectivity index (χ0) is 28.8. The molecule has 4 aromatic carbocycles. The van der Waals surface area contributed by atoms with Crippen LogP contribution in [0.1, 0.15) is 15.9 Å². The number of phenolic OH excluding ortho intramolecular Hbond substituents is 1. The Morgan fingerprint density at radius 3 is 2.30 bits per heavy atom. The molecule has 0 saturated carbocycles. The molecule has 0 fully saturated rings. The van der Waals surface area contributed by atoms with Crippen molar-refractivity contribution < 1.29 is 33.3 Å². The van der Waals surface area contributed by atoms with E-state index in [0.717, 1.165) is 12.1 Å². The number of aromatic nitrogens is 1. The molecule has 12 heteroatoms. The number of nitrogens with one attached hydrogen (secondary N) is 1. The highest BCUT2D eigenvalue weighted by atomic mass is 35.5. The molecule has 202 valence electrons. The van der Waals surface area contributed by atoms with E-state index in [4.69, 9.17) is 23.2 Å². The predicted molar refractivity (Wildman–Crippen MR) is 145 cm³/mol. The summed E-state index contributed by atoms with van der Waals surface area (Å²) in [6, 6.07) is 16.5. The van der Waals surface area contributed by atoms with Gasteiger partial charge in [-0.15, -0.1) is 10.2 Å². The number of aromatic hydroxyl groups is 2. The second-order valence-electron chi connectivity index (χ2n) is 8.62. The van der Waals surface area contributed by atoms with Crippen LogP contribution >= 0.6 is 23.2 Å². The summed E-state index contributed by atoms with van der Waals surface area (Å²) in [5.41, 5.74) is -0.695. The van der Waals surface area contributed by atoms with Crippen LogP contribution in [0.25, 0.3) is 33.2 Å². The zero-order valence-corrected chi connectivity index (χ0v) is 21.5. The first kappa shape index (κ1) is 27.0. The third-order valence-electron chi connectivity index (χ3n) is 6.13. The van der Waals surface area contributed by atoms with Crippen LogP contribution in [0.5, 0.6) is 11.6 Å². The lowest BCUT2D eigenvalue weighted by molar-refractivity contribution is -0.137. The minimum atomic E-state index is -4.73. The molecule has 1 aromatic heterocycles. The van der Waals surface area contributed by atoms with Gasteiger partial charge in [-0.2, -0.15) is 13.2 Å². The molecule has 0 saturated heterocycles. The Hall–Kier alpha value is -4.54. The number of carboxylic acids is 1. The van der Waals surface area contributed by atoms with E-state index in [9.17, 15) is 33.3 Å². The predicted octanol–water partition coefficient (Wildman–Crippen LogP) is 9.35. The van der Waals surface area contributed by atoms with Crippen LogP contribution in [0.3, 0.4) is 0 Å². The monoisotopic (exact) mass is 585 g/mol. The molecule has 40 heavy (non-hydrogen) atoms. The lowest BCUT2D eigenvalue weighted by atomic mass is 9.96. The van der Waals surface area contributed by atoms with Gasteiger partial charge in [0, 0.05) is 16.5 Å². The van der Waals surface area contributed by atoms with Gasteiger partial charge in [-0.3, -0.25) is 0 Å². The summed E-state index contributed by atoms with van der Waals surface area (Å²) in [7, 11) is 0. The van der Waals surface area contributed by atoms with Crippen molar-refractivity contribution in [2.75, 3.05) is 0 Å². The Morgan fingerprint density at radius 2 is 1.60 bits per heavy atom. The molecule has 0 atom stereocenters. The van der Waals surface area contributed by atoms with Crippen LogP contribution in [0.2, 0.25) is 10.0 Å². The molecule has 5 rings (SSSR count). The van der Waals surface area contributed by atoms with E-state index in [1.807, 2.05) is 0 Å². The van der Waals surface area contributed by atoms with Gasteiger partial charge in [0.05, 0.1) is 26.7 Å². The van der Waals surface area contributed by atoms with Crippen molar-refractivity contribution in [2.45, 2.75) is 6.18 Å². The van der Waals surface area contributed by atoms with Crippen molar-refractivity contribution in [3.05, 3.63) is 94.0 Å². The highest BCUT2D eigenvalue weighted by molar-refractivity contribution is 6.42. The minimum absolute atomic E-state index is 0.0173. The fraction of sp³-hybridized carbons (Fsp3) is 0.0357. The van der Waals surface area contributed by atoms with Crippen LogP contribution in [0, 0.1) is 0 Å². The number of nitrogens with zero attached hydrogens (tertiary/aromatic N) is 2. The number of phenols is 1. The first-order chi connectivity index (χ1) is 19.0. The summed E-state index contributed by atoms with van der Waals surface area (Å²) in [4.78, 5) is 13.9. The number of rotatable bonds is 5. The van der Waals surface area contributed by atoms with Crippen LogP contribution in [-0.2, 0) is 6.18 Å². The Balaban J connectivity index is 1.63. The summed E-state index contributed by atoms with van der Waals surface area (Å²) in [6.07, 6.45) is -4.73. The van der Waals surface area contributed by atoms with Gasteiger partial charge in [0.25, 0.3) is 0 Å². The van der Waals surface area contributed by atoms with Gasteiger partial charge in [0.1, 0.15) is 5.69 Å². The average molecular weight is 586 g/mol. The van der Waals surface area contributed by atoms with E-state index >= 15 is 0 Å². The molecule has 7 nitrogen and oxygen atoms in total. The van der Waals surface area contributed by atoms with Crippen molar-refractivity contribution in [1.29, 1.82) is 0 Å². The summed E-state index contributed by atoms with van der Waals surface area (Å²) in [5.74, 6) is -2.01. The number of aromatic carboxylic acids is 1. The van der Waals surface area contributed by atoms with Crippen molar-refractivity contribution in [3.8, 4) is 33.9 Å². The van der Waals surface area contributed by atoms with Gasteiger partial charge < -0.3 is 20.3 Å². The molecule has 5 aromatic rings. The summed E-state index contributed by atoms with van der Waals surface area (Å²) in [5, 5.41) is 39.1. The third kappa shape index (κ3) is 4.94. The van der Waals surface area contributed by atoms with E-state index in [1.54, 1.807) is 18.2 Å². The fourth-order valence-electron chi connectivity index (χ4n) is 4.29. The van der Waals surface area contributed by atoms with Crippen LogP contribution in [-0.4, -0.2) is 26.3 Å². The fourth-order valence-corrected chi connectivity index (χ4v) is 4.59. The molecule has 0 aliphatic carbocycles. The highest BCUT2D eigenvalue weighted by Gasteiger charge is 2.35. The minimum Gasteiger partial charge on any atom is -0.505 e. The molecule has 0 amide bonds. The van der Waals surface area contributed by atoms with Crippen LogP contribution < -0.4 is 0 Å². The standard InChI is InChI=1S/C28H16Cl2F3N3O4/c29-19-10-7-14(12-20(19)30)22-18(28(31,32)33)9-8-17-23(22)34-26(38)24(17)36-35-21-6-2-5-16(25(21)37)13-3-1-4-15(11-13)27(39)40/h1-12,34,37-38H,(H,39,40). The van der Waals surface area contributed by atoms with Crippen molar-refractivity contribution in [1.82, 2.24) is 4.98 Å². The second-order valence-corrected chi connectivity index (χ2v) is 9.43. The average Bonchev–Trinajstić information content (AvgIpc) is 3.23. The number of carboxylic acid groups (broad SMARTS) is 1. The molecular formula is C28H16Cl2F3N3O4. The van der Waals surface area contributed by atoms with Crippen molar-refractivity contribution in [3.63, 3.8) is 0 Å². The number of alkyl halides is 3. The second kappa shape index (κ2) is 10.2. The van der Waals surface area contributed by atoms with E-state index in [2.05, 4.69) is 15.2 Å². The largest absolute Gasteiger partial charge is 0.505 e. The van der Waals surface area contributed by atoms with Gasteiger partial charge >= 0.3 is 12.1 Å². The number of carbonyl (C=O) groups is 1. The Labute approximate surface area is 233 Å². The Morgan fingerprint density at radius 1 is 0.850 bits per heavy atom. The van der Waals surface area contributed by atoms with Gasteiger partial charge in [0.2, 0.25) is 5.88 Å². The maximum absolute atomic E-state index is 14.0. The summed E-state index contributed by atoms with van der Waals surface area (Å²) >= 11 is 12.0. The molecule has 0 unspecified atom stereocenters. The topological polar surface area (TPSA) is 118 Å². The first-order valence-electron chi connectivity index (χ1n) is 11.4. The Bertz CT molecular complexity index is 1830. The number of benzene rings is 4. The number of hydrogen-bond donors (Lipinski definition) is 4. The number of para-hydroxylation sites is 1. The molecule has 4 N–H and O–H groups in total. The lowest BCUT2D eigenvalue weighted by Crippen LogP contribution is -2.07. The van der Waals surface area contributed by atoms with E-state index in [1.165, 1.54) is 42.5 Å². The zero-order valence-electron chi connectivity index (χ0n) is 20.0. The molecule has 1 heterocycles. The van der Waals surface area contributed by atoms with Crippen LogP contribution in [0.15, 0.2) is 83.0 Å². The number of azo groups is 1. The number of hydrogen-bond acceptors (Lipinski definition) is 5. The van der Waals surface area contributed by atoms with E-state index in [0.29, 0.717) is 5.56 Å². The Kier molecular flexibility index (Phi) is 6.91. The number of fused-ring (bicyclic) bond motifs is 1. The van der Waals surface area contributed by atoms with Crippen molar-refractivity contribution >= 4 is 51.4 Å². The molecular weight excluding hydrogens is 570 g/mol. The first-order valence-corrected chi connectivity index (χ1v) is 12.2. The highest BCUT2D eigenvalue weighted by Crippen LogP contribution is 2.47. The van der Waals surface area contributed by atoms with E-state index in [-0.39, 0.29) is 60.3 Å². The number of halogens is 5. The molecule has 0 aliphatic rings. The number of aromatic amines is 1. The smallest absolute Gasteiger partial charge is 0.417 e. The lowest BCUT2D eigenvalue weighted by Gasteiger charge is -2.14. The van der Waals surface area contributed by atoms with Gasteiger partial charge in [-0.25, -0.2) is 4.79 Å². The maximum Gasteiger partial charge on any atom is 0.417 e. The van der Waals surface area contributed by atoms with Gasteiger partial charge in [0.15, 0.2) is 11.4 Å². The van der Waals surface area contributed by atoms with Gasteiger partial charge in [-0.05, 0) is 53.6 Å². The quantitative estimate of drug-likeness (QED) is 0.154.